The highest BCUT2D eigenvalue weighted by molar-refractivity contribution is 5.92. The Balaban J connectivity index is 1.80. The highest BCUT2D eigenvalue weighted by Gasteiger charge is 2.08. The lowest BCUT2D eigenvalue weighted by atomic mass is 10.2. The Bertz CT molecular complexity index is 594. The van der Waals surface area contributed by atoms with Crippen molar-refractivity contribution in [3.63, 3.8) is 0 Å². The zero-order valence-corrected chi connectivity index (χ0v) is 12.4. The van der Waals surface area contributed by atoms with E-state index in [4.69, 9.17) is 10.2 Å². The van der Waals surface area contributed by atoms with Crippen molar-refractivity contribution >= 4 is 17.3 Å². The summed E-state index contributed by atoms with van der Waals surface area (Å²) in [6.45, 7) is 3.39. The zero-order chi connectivity index (χ0) is 15.2. The highest BCUT2D eigenvalue weighted by atomic mass is 16.3. The smallest absolute Gasteiger partial charge is 0.225 e. The number of nitrogens with zero attached hydrogens (tertiary/aromatic N) is 1. The molecule has 0 aliphatic rings. The summed E-state index contributed by atoms with van der Waals surface area (Å²) in [5, 5.41) is 2.90. The number of benzene rings is 1. The van der Waals surface area contributed by atoms with Crippen LogP contribution in [0.3, 0.4) is 0 Å². The quantitative estimate of drug-likeness (QED) is 0.801. The van der Waals surface area contributed by atoms with Crippen LogP contribution in [-0.4, -0.2) is 24.4 Å². The maximum Gasteiger partial charge on any atom is 0.225 e. The van der Waals surface area contributed by atoms with Crippen molar-refractivity contribution in [1.29, 1.82) is 0 Å². The number of carbonyl (C=O) groups excluding carboxylic acids is 1. The van der Waals surface area contributed by atoms with Crippen molar-refractivity contribution in [2.45, 2.75) is 19.9 Å². The van der Waals surface area contributed by atoms with Crippen molar-refractivity contribution < 1.29 is 9.21 Å². The molecule has 0 aliphatic carbocycles. The van der Waals surface area contributed by atoms with Crippen LogP contribution in [0.1, 0.15) is 17.5 Å². The van der Waals surface area contributed by atoms with Crippen LogP contribution in [0.4, 0.5) is 11.4 Å². The van der Waals surface area contributed by atoms with Gasteiger partial charge in [0.05, 0.1) is 12.5 Å². The van der Waals surface area contributed by atoms with Crippen LogP contribution in [0.15, 0.2) is 41.2 Å². The molecule has 0 spiro atoms. The van der Waals surface area contributed by atoms with E-state index < -0.39 is 0 Å². The van der Waals surface area contributed by atoms with E-state index >= 15 is 0 Å². The maximum absolute atomic E-state index is 12.0. The summed E-state index contributed by atoms with van der Waals surface area (Å²) in [7, 11) is 1.98. The SMILES string of the molecule is Cc1ccc(N)cc1NC(=O)CCN(C)Cc1ccoc1. The third-order valence-corrected chi connectivity index (χ3v) is 3.29. The minimum atomic E-state index is -0.0113. The number of rotatable bonds is 6. The Morgan fingerprint density at radius 2 is 2.19 bits per heavy atom. The summed E-state index contributed by atoms with van der Waals surface area (Å²) in [6, 6.07) is 7.43. The molecule has 3 N–H and O–H groups in total. The van der Waals surface area contributed by atoms with Gasteiger partial charge in [0.1, 0.15) is 0 Å². The fourth-order valence-corrected chi connectivity index (χ4v) is 2.05. The van der Waals surface area contributed by atoms with Gasteiger partial charge >= 0.3 is 0 Å². The normalized spacial score (nSPS) is 10.8. The summed E-state index contributed by atoms with van der Waals surface area (Å²) in [6.07, 6.45) is 3.80. The molecule has 0 atom stereocenters. The van der Waals surface area contributed by atoms with Gasteiger partial charge in [-0.2, -0.15) is 0 Å². The molecule has 21 heavy (non-hydrogen) atoms. The van der Waals surface area contributed by atoms with Gasteiger partial charge < -0.3 is 20.4 Å². The van der Waals surface area contributed by atoms with Crippen molar-refractivity contribution in [2.75, 3.05) is 24.6 Å². The second-order valence-corrected chi connectivity index (χ2v) is 5.24. The Hall–Kier alpha value is -2.27. The van der Waals surface area contributed by atoms with E-state index in [1.807, 2.05) is 32.2 Å². The highest BCUT2D eigenvalue weighted by Crippen LogP contribution is 2.18. The van der Waals surface area contributed by atoms with E-state index in [1.54, 1.807) is 18.6 Å². The van der Waals surface area contributed by atoms with E-state index in [2.05, 4.69) is 10.2 Å². The van der Waals surface area contributed by atoms with Crippen molar-refractivity contribution in [1.82, 2.24) is 4.90 Å². The summed E-state index contributed by atoms with van der Waals surface area (Å²) in [5.74, 6) is -0.0113. The second-order valence-electron chi connectivity index (χ2n) is 5.24. The fourth-order valence-electron chi connectivity index (χ4n) is 2.05. The van der Waals surface area contributed by atoms with Crippen molar-refractivity contribution in [3.8, 4) is 0 Å². The van der Waals surface area contributed by atoms with Gasteiger partial charge in [-0.25, -0.2) is 0 Å². The zero-order valence-electron chi connectivity index (χ0n) is 12.4. The number of amides is 1. The lowest BCUT2D eigenvalue weighted by molar-refractivity contribution is -0.116. The first kappa shape index (κ1) is 15.1. The molecule has 112 valence electrons. The van der Waals surface area contributed by atoms with E-state index in [-0.39, 0.29) is 5.91 Å². The first-order valence-electron chi connectivity index (χ1n) is 6.90. The number of carbonyl (C=O) groups is 1. The van der Waals surface area contributed by atoms with Gasteiger partial charge in [0.25, 0.3) is 0 Å². The minimum absolute atomic E-state index is 0.0113. The third kappa shape index (κ3) is 4.65. The van der Waals surface area contributed by atoms with Crippen LogP contribution in [0, 0.1) is 6.92 Å². The third-order valence-electron chi connectivity index (χ3n) is 3.29. The predicted molar refractivity (Wildman–Crippen MR) is 83.9 cm³/mol. The van der Waals surface area contributed by atoms with Gasteiger partial charge in [0.15, 0.2) is 0 Å². The molecule has 0 bridgehead atoms. The van der Waals surface area contributed by atoms with Crippen molar-refractivity contribution in [3.05, 3.63) is 47.9 Å². The molecule has 0 saturated carbocycles. The van der Waals surface area contributed by atoms with Gasteiger partial charge in [-0.1, -0.05) is 6.07 Å². The molecule has 2 aromatic rings. The van der Waals surface area contributed by atoms with Gasteiger partial charge in [-0.05, 0) is 37.7 Å². The van der Waals surface area contributed by atoms with E-state index in [0.717, 1.165) is 23.4 Å². The van der Waals surface area contributed by atoms with Crippen LogP contribution in [-0.2, 0) is 11.3 Å². The molecule has 0 saturated heterocycles. The Kier molecular flexibility index (Phi) is 5.00. The van der Waals surface area contributed by atoms with Crippen molar-refractivity contribution in [2.24, 2.45) is 0 Å². The van der Waals surface area contributed by atoms with Gasteiger partial charge in [-0.15, -0.1) is 0 Å². The lowest BCUT2D eigenvalue weighted by Gasteiger charge is -2.15. The number of hydrogen-bond donors (Lipinski definition) is 2. The Labute approximate surface area is 124 Å². The molecule has 0 aliphatic heterocycles. The van der Waals surface area contributed by atoms with Crippen LogP contribution in [0.25, 0.3) is 0 Å². The second kappa shape index (κ2) is 6.95. The Morgan fingerprint density at radius 1 is 1.38 bits per heavy atom. The molecule has 5 heteroatoms. The summed E-state index contributed by atoms with van der Waals surface area (Å²) in [4.78, 5) is 14.1. The largest absolute Gasteiger partial charge is 0.472 e. The molecule has 1 aromatic heterocycles. The molecule has 0 radical (unpaired) electrons. The van der Waals surface area contributed by atoms with E-state index in [1.165, 1.54) is 0 Å². The molecule has 1 heterocycles. The number of nitrogen functional groups attached to an aromatic ring is 1. The number of hydrogen-bond acceptors (Lipinski definition) is 4. The number of furan rings is 1. The topological polar surface area (TPSA) is 71.5 Å². The average Bonchev–Trinajstić information content (AvgIpc) is 2.93. The van der Waals surface area contributed by atoms with E-state index in [9.17, 15) is 4.79 Å². The molecule has 5 nitrogen and oxygen atoms in total. The molecule has 0 unspecified atom stereocenters. The monoisotopic (exact) mass is 287 g/mol. The standard InChI is InChI=1S/C16H21N3O2/c1-12-3-4-14(17)9-15(12)18-16(20)5-7-19(2)10-13-6-8-21-11-13/h3-4,6,8-9,11H,5,7,10,17H2,1-2H3,(H,18,20). The molecular weight excluding hydrogens is 266 g/mol. The van der Waals surface area contributed by atoms with Gasteiger partial charge in [-0.3, -0.25) is 4.79 Å². The number of aryl methyl sites for hydroxylation is 1. The number of anilines is 2. The van der Waals surface area contributed by atoms with Gasteiger partial charge in [0, 0.05) is 36.4 Å². The minimum Gasteiger partial charge on any atom is -0.472 e. The Morgan fingerprint density at radius 3 is 2.90 bits per heavy atom. The first-order valence-corrected chi connectivity index (χ1v) is 6.90. The summed E-state index contributed by atoms with van der Waals surface area (Å²) < 4.78 is 5.03. The fraction of sp³-hybridized carbons (Fsp3) is 0.312. The summed E-state index contributed by atoms with van der Waals surface area (Å²) >= 11 is 0. The van der Waals surface area contributed by atoms with Gasteiger partial charge in [0.2, 0.25) is 5.91 Å². The molecule has 1 aromatic carbocycles. The van der Waals surface area contributed by atoms with E-state index in [0.29, 0.717) is 18.7 Å². The number of nitrogens with two attached hydrogens (primary N) is 1. The average molecular weight is 287 g/mol. The lowest BCUT2D eigenvalue weighted by Crippen LogP contribution is -2.24. The number of nitrogens with one attached hydrogen (secondary N) is 1. The molecule has 0 fully saturated rings. The predicted octanol–water partition coefficient (Wildman–Crippen LogP) is 2.63. The van der Waals surface area contributed by atoms with Crippen LogP contribution in [0.2, 0.25) is 0 Å². The maximum atomic E-state index is 12.0. The van der Waals surface area contributed by atoms with Crippen LogP contribution in [0.5, 0.6) is 0 Å². The van der Waals surface area contributed by atoms with Crippen LogP contribution >= 0.6 is 0 Å². The molecule has 1 amide bonds. The first-order chi connectivity index (χ1) is 10.0. The molecule has 2 rings (SSSR count). The molecular formula is C16H21N3O2. The summed E-state index contributed by atoms with van der Waals surface area (Å²) in [5.41, 5.74) is 9.26. The van der Waals surface area contributed by atoms with Crippen LogP contribution < -0.4 is 11.1 Å².